The molecule has 2 heterocycles. The summed E-state index contributed by atoms with van der Waals surface area (Å²) in [7, 11) is 1.59. The number of ether oxygens (including phenoxy) is 1. The Kier molecular flexibility index (Phi) is 9.02. The van der Waals surface area contributed by atoms with E-state index in [0.717, 1.165) is 22.4 Å². The summed E-state index contributed by atoms with van der Waals surface area (Å²) in [6, 6.07) is 21.9. The summed E-state index contributed by atoms with van der Waals surface area (Å²) in [5.74, 6) is 0.607. The molecule has 2 atom stereocenters. The van der Waals surface area contributed by atoms with Gasteiger partial charge in [0, 0.05) is 29.8 Å². The molecule has 0 fully saturated rings. The van der Waals surface area contributed by atoms with Crippen LogP contribution in [-0.2, 0) is 20.9 Å². The Hall–Kier alpha value is -4.44. The van der Waals surface area contributed by atoms with Crippen molar-refractivity contribution in [3.8, 4) is 5.75 Å². The molecule has 2 aliphatic rings. The van der Waals surface area contributed by atoms with Crippen LogP contribution in [0.1, 0.15) is 42.9 Å². The summed E-state index contributed by atoms with van der Waals surface area (Å²) in [5, 5.41) is 5.82. The van der Waals surface area contributed by atoms with Crippen LogP contribution in [0.5, 0.6) is 5.75 Å². The highest BCUT2D eigenvalue weighted by molar-refractivity contribution is 8.15. The van der Waals surface area contributed by atoms with Crippen LogP contribution in [0.2, 0.25) is 0 Å². The summed E-state index contributed by atoms with van der Waals surface area (Å²) in [6.07, 6.45) is 0.920. The number of amidine groups is 2. The number of hydrogen-bond donors (Lipinski definition) is 2. The molecule has 216 valence electrons. The maximum absolute atomic E-state index is 13.7. The van der Waals surface area contributed by atoms with E-state index in [9.17, 15) is 14.4 Å². The molecule has 0 saturated carbocycles. The maximum Gasteiger partial charge on any atom is 0.259 e. The molecule has 3 amide bonds. The molecule has 5 rings (SSSR count). The summed E-state index contributed by atoms with van der Waals surface area (Å²) < 4.78 is 5.35. The summed E-state index contributed by atoms with van der Waals surface area (Å²) in [4.78, 5) is 50.6. The number of para-hydroxylation sites is 2. The predicted octanol–water partition coefficient (Wildman–Crippen LogP) is 5.21. The van der Waals surface area contributed by atoms with Gasteiger partial charge in [0.1, 0.15) is 17.6 Å². The van der Waals surface area contributed by atoms with Crippen LogP contribution >= 0.6 is 11.8 Å². The minimum Gasteiger partial charge on any atom is -0.496 e. The molecule has 3 aromatic carbocycles. The molecule has 0 saturated heterocycles. The predicted molar refractivity (Wildman–Crippen MR) is 166 cm³/mol. The Morgan fingerprint density at radius 2 is 1.86 bits per heavy atom. The highest BCUT2D eigenvalue weighted by atomic mass is 32.2. The van der Waals surface area contributed by atoms with Gasteiger partial charge in [-0.3, -0.25) is 19.4 Å². The molecule has 0 aliphatic carbocycles. The van der Waals surface area contributed by atoms with Crippen molar-refractivity contribution in [2.24, 2.45) is 9.98 Å². The number of rotatable bonds is 10. The van der Waals surface area contributed by atoms with Gasteiger partial charge in [0.05, 0.1) is 18.0 Å². The lowest BCUT2D eigenvalue weighted by atomic mass is 10.1. The number of carbonyl (C=O) groups is 3. The van der Waals surface area contributed by atoms with E-state index >= 15 is 0 Å². The zero-order valence-electron chi connectivity index (χ0n) is 23.8. The minimum absolute atomic E-state index is 0.133. The van der Waals surface area contributed by atoms with Crippen LogP contribution in [0, 0.1) is 6.92 Å². The summed E-state index contributed by atoms with van der Waals surface area (Å²) in [5.41, 5.74) is 4.07. The zero-order chi connectivity index (χ0) is 29.6. The first-order valence-electron chi connectivity index (χ1n) is 13.9. The molecule has 3 aromatic rings. The Labute approximate surface area is 249 Å². The van der Waals surface area contributed by atoms with Crippen molar-refractivity contribution in [1.29, 1.82) is 0 Å². The van der Waals surface area contributed by atoms with E-state index in [1.165, 1.54) is 16.7 Å². The van der Waals surface area contributed by atoms with Crippen LogP contribution in [0.3, 0.4) is 0 Å². The third kappa shape index (κ3) is 6.38. The van der Waals surface area contributed by atoms with Gasteiger partial charge in [0.15, 0.2) is 5.17 Å². The highest BCUT2D eigenvalue weighted by Gasteiger charge is 2.42. The quantitative estimate of drug-likeness (QED) is 0.340. The second kappa shape index (κ2) is 13.0. The molecule has 0 aromatic heterocycles. The number of benzene rings is 3. The van der Waals surface area contributed by atoms with E-state index in [4.69, 9.17) is 14.7 Å². The molecule has 10 heteroatoms. The Balaban J connectivity index is 1.28. The van der Waals surface area contributed by atoms with E-state index in [-0.39, 0.29) is 30.6 Å². The molecule has 2 N–H and O–H groups in total. The van der Waals surface area contributed by atoms with Crippen molar-refractivity contribution in [3.63, 3.8) is 0 Å². The van der Waals surface area contributed by atoms with Crippen molar-refractivity contribution in [2.45, 2.75) is 50.9 Å². The number of fused-ring (bicyclic) bond motifs is 3. The third-order valence-electron chi connectivity index (χ3n) is 7.06. The second-order valence-corrected chi connectivity index (χ2v) is 11.2. The molecule has 2 aliphatic heterocycles. The number of nitrogens with one attached hydrogen (secondary N) is 2. The summed E-state index contributed by atoms with van der Waals surface area (Å²) in [6.45, 7) is 4.22. The lowest BCUT2D eigenvalue weighted by Crippen LogP contribution is -2.42. The highest BCUT2D eigenvalue weighted by Crippen LogP contribution is 2.36. The fourth-order valence-corrected chi connectivity index (χ4v) is 5.88. The Morgan fingerprint density at radius 3 is 2.64 bits per heavy atom. The van der Waals surface area contributed by atoms with Gasteiger partial charge in [-0.1, -0.05) is 61.2 Å². The summed E-state index contributed by atoms with van der Waals surface area (Å²) >= 11 is 1.25. The molecule has 0 unspecified atom stereocenters. The first-order valence-corrected chi connectivity index (χ1v) is 14.8. The monoisotopic (exact) mass is 583 g/mol. The maximum atomic E-state index is 13.7. The van der Waals surface area contributed by atoms with Crippen molar-refractivity contribution >= 4 is 51.9 Å². The number of methoxy groups -OCH3 is 1. The fraction of sp³-hybridized carbons (Fsp3) is 0.281. The number of carbonyl (C=O) groups excluding carboxylic acids is 3. The van der Waals surface area contributed by atoms with Gasteiger partial charge >= 0.3 is 0 Å². The molecule has 0 spiro atoms. The van der Waals surface area contributed by atoms with Crippen LogP contribution in [0.4, 0.5) is 11.4 Å². The molecule has 0 bridgehead atoms. The largest absolute Gasteiger partial charge is 0.496 e. The standard InChI is InChI=1S/C32H33N5O4S/c1-4-27(30(39)34-22-12-9-10-20(2)18-22)42-32-36-24-14-7-6-13-23(24)29-35-25(31(40)37(29)32)16-17-28(38)33-19-21-11-5-8-15-26(21)41-3/h5-15,18,25,27H,4,16-17,19H2,1-3H3,(H,33,38)(H,34,39)/t25-,27-/m1/s1. The van der Waals surface area contributed by atoms with Gasteiger partial charge in [-0.15, -0.1) is 0 Å². The fourth-order valence-electron chi connectivity index (χ4n) is 4.86. The van der Waals surface area contributed by atoms with E-state index < -0.39 is 11.3 Å². The third-order valence-corrected chi connectivity index (χ3v) is 8.37. The topological polar surface area (TPSA) is 112 Å². The SMILES string of the molecule is CC[C@@H](SC1=Nc2ccccc2C2=N[C@H](CCC(=O)NCc3ccccc3OC)C(=O)N12)C(=O)Nc1cccc(C)c1. The van der Waals surface area contributed by atoms with Crippen molar-refractivity contribution in [1.82, 2.24) is 10.2 Å². The number of hydrogen-bond acceptors (Lipinski definition) is 7. The first-order chi connectivity index (χ1) is 20.4. The number of anilines is 1. The molecular formula is C32H33N5O4S. The number of amides is 3. The average molecular weight is 584 g/mol. The van der Waals surface area contributed by atoms with E-state index in [1.54, 1.807) is 7.11 Å². The Morgan fingerprint density at radius 1 is 1.07 bits per heavy atom. The normalized spacial score (nSPS) is 16.1. The first kappa shape index (κ1) is 29.1. The molecule has 9 nitrogen and oxygen atoms in total. The van der Waals surface area contributed by atoms with Gasteiger partial charge in [-0.25, -0.2) is 9.89 Å². The number of thioether (sulfide) groups is 1. The number of aryl methyl sites for hydroxylation is 1. The van der Waals surface area contributed by atoms with Crippen molar-refractivity contribution in [2.75, 3.05) is 12.4 Å². The van der Waals surface area contributed by atoms with Gasteiger partial charge in [0.2, 0.25) is 11.8 Å². The van der Waals surface area contributed by atoms with Crippen molar-refractivity contribution < 1.29 is 19.1 Å². The van der Waals surface area contributed by atoms with Gasteiger partial charge in [0.25, 0.3) is 5.91 Å². The van der Waals surface area contributed by atoms with E-state index in [0.29, 0.717) is 35.4 Å². The van der Waals surface area contributed by atoms with Crippen LogP contribution in [0.15, 0.2) is 82.8 Å². The van der Waals surface area contributed by atoms with Crippen LogP contribution < -0.4 is 15.4 Å². The van der Waals surface area contributed by atoms with Crippen molar-refractivity contribution in [3.05, 3.63) is 89.5 Å². The lowest BCUT2D eigenvalue weighted by Gasteiger charge is -2.27. The van der Waals surface area contributed by atoms with Gasteiger partial charge < -0.3 is 15.4 Å². The zero-order valence-corrected chi connectivity index (χ0v) is 24.6. The molecule has 42 heavy (non-hydrogen) atoms. The lowest BCUT2D eigenvalue weighted by molar-refractivity contribution is -0.125. The van der Waals surface area contributed by atoms with Crippen LogP contribution in [-0.4, -0.2) is 52.0 Å². The Bertz CT molecular complexity index is 1570. The second-order valence-electron chi connectivity index (χ2n) is 10.1. The number of nitrogens with zero attached hydrogens (tertiary/aromatic N) is 3. The molecular weight excluding hydrogens is 550 g/mol. The average Bonchev–Trinajstić information content (AvgIpc) is 3.34. The van der Waals surface area contributed by atoms with E-state index in [1.807, 2.05) is 86.6 Å². The number of aliphatic imine (C=N–C) groups is 2. The van der Waals surface area contributed by atoms with Gasteiger partial charge in [-0.05, 0) is 55.7 Å². The smallest absolute Gasteiger partial charge is 0.259 e. The van der Waals surface area contributed by atoms with Gasteiger partial charge in [-0.2, -0.15) is 0 Å². The molecule has 0 radical (unpaired) electrons. The van der Waals surface area contributed by atoms with Crippen LogP contribution in [0.25, 0.3) is 0 Å². The minimum atomic E-state index is -0.727. The van der Waals surface area contributed by atoms with E-state index in [2.05, 4.69) is 10.6 Å².